The molecule has 3 aromatic rings. The van der Waals surface area contributed by atoms with Crippen LogP contribution in [0.15, 0.2) is 36.4 Å². The molecule has 162 valence electrons. The smallest absolute Gasteiger partial charge is 0.409 e. The molecular formula is C23H27N5O3. The Kier molecular flexibility index (Phi) is 5.88. The van der Waals surface area contributed by atoms with Gasteiger partial charge in [-0.15, -0.1) is 0 Å². The molecule has 3 heterocycles. The van der Waals surface area contributed by atoms with Gasteiger partial charge in [0.25, 0.3) is 5.91 Å². The summed E-state index contributed by atoms with van der Waals surface area (Å²) < 4.78 is 5.35. The molecule has 0 bridgehead atoms. The predicted octanol–water partition coefficient (Wildman–Crippen LogP) is 3.70. The fraction of sp³-hybridized carbons (Fsp3) is 0.391. The highest BCUT2D eigenvalue weighted by Gasteiger charge is 2.28. The molecule has 2 aromatic heterocycles. The molecule has 0 radical (unpaired) electrons. The number of nitrogens with two attached hydrogens (primary N) is 1. The third kappa shape index (κ3) is 4.38. The molecule has 1 aromatic carbocycles. The van der Waals surface area contributed by atoms with E-state index in [0.717, 1.165) is 29.5 Å². The Morgan fingerprint density at radius 3 is 2.58 bits per heavy atom. The second kappa shape index (κ2) is 8.75. The number of fused-ring (bicyclic) bond motifs is 1. The quantitative estimate of drug-likeness (QED) is 0.652. The SMILES string of the molecule is CC(C)COC(=O)N1CCC(c2[nH]nc3c(C(N)=O)nc(-c4ccccc4)cc23)CC1. The molecule has 1 fully saturated rings. The summed E-state index contributed by atoms with van der Waals surface area (Å²) in [5.41, 5.74) is 8.79. The average Bonchev–Trinajstić information content (AvgIpc) is 3.21. The summed E-state index contributed by atoms with van der Waals surface area (Å²) in [5.74, 6) is -0.112. The number of hydrogen-bond acceptors (Lipinski definition) is 5. The van der Waals surface area contributed by atoms with Crippen LogP contribution in [-0.4, -0.2) is 51.8 Å². The highest BCUT2D eigenvalue weighted by molar-refractivity contribution is 6.04. The molecule has 3 N–H and O–H groups in total. The Balaban J connectivity index is 1.60. The minimum Gasteiger partial charge on any atom is -0.449 e. The first-order chi connectivity index (χ1) is 14.9. The number of aromatic nitrogens is 3. The van der Waals surface area contributed by atoms with E-state index >= 15 is 0 Å². The number of ether oxygens (including phenoxy) is 1. The van der Waals surface area contributed by atoms with Crippen molar-refractivity contribution in [1.82, 2.24) is 20.1 Å². The normalized spacial score (nSPS) is 14.9. The van der Waals surface area contributed by atoms with Crippen LogP contribution in [-0.2, 0) is 4.74 Å². The number of nitrogens with one attached hydrogen (secondary N) is 1. The minimum absolute atomic E-state index is 0.161. The van der Waals surface area contributed by atoms with Crippen LogP contribution >= 0.6 is 0 Å². The number of aromatic amines is 1. The van der Waals surface area contributed by atoms with Crippen molar-refractivity contribution < 1.29 is 14.3 Å². The molecule has 2 amide bonds. The third-order valence-electron chi connectivity index (χ3n) is 5.58. The lowest BCUT2D eigenvalue weighted by atomic mass is 9.91. The second-order valence-electron chi connectivity index (χ2n) is 8.35. The Hall–Kier alpha value is -3.42. The number of nitrogens with zero attached hydrogens (tertiary/aromatic N) is 3. The summed E-state index contributed by atoms with van der Waals surface area (Å²) in [7, 11) is 0. The number of benzene rings is 1. The number of primary amides is 1. The van der Waals surface area contributed by atoms with Crippen LogP contribution in [0.2, 0.25) is 0 Å². The van der Waals surface area contributed by atoms with Crippen molar-refractivity contribution in [1.29, 1.82) is 0 Å². The van der Waals surface area contributed by atoms with Gasteiger partial charge in [-0.3, -0.25) is 9.89 Å². The Morgan fingerprint density at radius 2 is 1.94 bits per heavy atom. The average molecular weight is 422 g/mol. The lowest BCUT2D eigenvalue weighted by Gasteiger charge is -2.31. The van der Waals surface area contributed by atoms with E-state index in [1.54, 1.807) is 4.90 Å². The van der Waals surface area contributed by atoms with Crippen molar-refractivity contribution in [3.63, 3.8) is 0 Å². The first kappa shape index (κ1) is 20.8. The molecule has 31 heavy (non-hydrogen) atoms. The number of likely N-dealkylation sites (tertiary alicyclic amines) is 1. The number of rotatable bonds is 5. The molecule has 0 atom stereocenters. The maximum Gasteiger partial charge on any atom is 0.409 e. The fourth-order valence-electron chi connectivity index (χ4n) is 3.95. The van der Waals surface area contributed by atoms with Gasteiger partial charge in [-0.1, -0.05) is 44.2 Å². The highest BCUT2D eigenvalue weighted by atomic mass is 16.6. The van der Waals surface area contributed by atoms with Crippen molar-refractivity contribution in [2.45, 2.75) is 32.6 Å². The van der Waals surface area contributed by atoms with Gasteiger partial charge >= 0.3 is 6.09 Å². The number of amides is 2. The van der Waals surface area contributed by atoms with Gasteiger partial charge in [0.1, 0.15) is 5.52 Å². The van der Waals surface area contributed by atoms with E-state index in [4.69, 9.17) is 10.5 Å². The molecule has 1 saturated heterocycles. The van der Waals surface area contributed by atoms with Crippen LogP contribution in [0.1, 0.15) is 48.8 Å². The zero-order chi connectivity index (χ0) is 22.0. The van der Waals surface area contributed by atoms with Crippen molar-refractivity contribution in [3.8, 4) is 11.3 Å². The predicted molar refractivity (Wildman–Crippen MR) is 118 cm³/mol. The van der Waals surface area contributed by atoms with Gasteiger partial charge in [-0.25, -0.2) is 9.78 Å². The molecule has 0 saturated carbocycles. The zero-order valence-electron chi connectivity index (χ0n) is 17.8. The summed E-state index contributed by atoms with van der Waals surface area (Å²) in [6.07, 6.45) is 1.31. The van der Waals surface area contributed by atoms with E-state index in [-0.39, 0.29) is 17.7 Å². The molecular weight excluding hydrogens is 394 g/mol. The molecule has 4 rings (SSSR count). The van der Waals surface area contributed by atoms with E-state index in [0.29, 0.717) is 36.8 Å². The molecule has 1 aliphatic rings. The van der Waals surface area contributed by atoms with Gasteiger partial charge in [0.2, 0.25) is 0 Å². The van der Waals surface area contributed by atoms with E-state index in [9.17, 15) is 9.59 Å². The minimum atomic E-state index is -0.608. The van der Waals surface area contributed by atoms with E-state index in [1.807, 2.05) is 50.2 Å². The Labute approximate surface area is 180 Å². The third-order valence-corrected chi connectivity index (χ3v) is 5.58. The van der Waals surface area contributed by atoms with Gasteiger partial charge < -0.3 is 15.4 Å². The lowest BCUT2D eigenvalue weighted by molar-refractivity contribution is 0.0833. The van der Waals surface area contributed by atoms with Crippen molar-refractivity contribution >= 4 is 22.9 Å². The summed E-state index contributed by atoms with van der Waals surface area (Å²) in [6.45, 7) is 5.68. The number of pyridine rings is 1. The first-order valence-corrected chi connectivity index (χ1v) is 10.6. The van der Waals surface area contributed by atoms with Crippen LogP contribution in [0.3, 0.4) is 0 Å². The van der Waals surface area contributed by atoms with Crippen LogP contribution < -0.4 is 5.73 Å². The Bertz CT molecular complexity index is 1090. The van der Waals surface area contributed by atoms with Crippen molar-refractivity contribution in [3.05, 3.63) is 47.8 Å². The van der Waals surface area contributed by atoms with E-state index in [2.05, 4.69) is 15.2 Å². The summed E-state index contributed by atoms with van der Waals surface area (Å²) in [6, 6.07) is 11.6. The highest BCUT2D eigenvalue weighted by Crippen LogP contribution is 2.34. The second-order valence-corrected chi connectivity index (χ2v) is 8.35. The van der Waals surface area contributed by atoms with Crippen LogP contribution in [0, 0.1) is 5.92 Å². The van der Waals surface area contributed by atoms with Crippen LogP contribution in [0.25, 0.3) is 22.2 Å². The summed E-state index contributed by atoms with van der Waals surface area (Å²) in [4.78, 5) is 30.5. The maximum absolute atomic E-state index is 12.3. The van der Waals surface area contributed by atoms with Gasteiger partial charge in [-0.2, -0.15) is 5.10 Å². The van der Waals surface area contributed by atoms with Crippen molar-refractivity contribution in [2.75, 3.05) is 19.7 Å². The zero-order valence-corrected chi connectivity index (χ0v) is 17.8. The molecule has 0 aliphatic carbocycles. The lowest BCUT2D eigenvalue weighted by Crippen LogP contribution is -2.38. The Morgan fingerprint density at radius 1 is 1.23 bits per heavy atom. The molecule has 0 spiro atoms. The monoisotopic (exact) mass is 421 g/mol. The van der Waals surface area contributed by atoms with Crippen LogP contribution in [0.4, 0.5) is 4.79 Å². The van der Waals surface area contributed by atoms with Gasteiger partial charge in [0, 0.05) is 35.7 Å². The molecule has 8 nitrogen and oxygen atoms in total. The van der Waals surface area contributed by atoms with Gasteiger partial charge in [0.05, 0.1) is 12.3 Å². The largest absolute Gasteiger partial charge is 0.449 e. The van der Waals surface area contributed by atoms with E-state index < -0.39 is 5.91 Å². The summed E-state index contributed by atoms with van der Waals surface area (Å²) in [5, 5.41) is 8.32. The maximum atomic E-state index is 12.3. The van der Waals surface area contributed by atoms with Crippen LogP contribution in [0.5, 0.6) is 0 Å². The topological polar surface area (TPSA) is 114 Å². The number of H-pyrrole nitrogens is 1. The molecule has 0 unspecified atom stereocenters. The standard InChI is InChI=1S/C23H27N5O3/c1-14(2)13-31-23(30)28-10-8-16(9-11-28)19-17-12-18(15-6-4-3-5-7-15)25-21(22(24)29)20(17)27-26-19/h3-7,12,14,16H,8-11,13H2,1-2H3,(H2,24,29)(H,26,27). The van der Waals surface area contributed by atoms with Crippen molar-refractivity contribution in [2.24, 2.45) is 11.7 Å². The summed E-state index contributed by atoms with van der Waals surface area (Å²) >= 11 is 0. The van der Waals surface area contributed by atoms with Gasteiger partial charge in [-0.05, 0) is 24.8 Å². The number of carbonyl (C=O) groups excluding carboxylic acids is 2. The fourth-order valence-corrected chi connectivity index (χ4v) is 3.95. The number of carbonyl (C=O) groups is 2. The number of piperidine rings is 1. The van der Waals surface area contributed by atoms with Gasteiger partial charge in [0.15, 0.2) is 5.69 Å². The molecule has 1 aliphatic heterocycles. The first-order valence-electron chi connectivity index (χ1n) is 10.6. The molecule has 8 heteroatoms. The van der Waals surface area contributed by atoms with E-state index in [1.165, 1.54) is 0 Å². The number of hydrogen-bond donors (Lipinski definition) is 2.